The van der Waals surface area contributed by atoms with Crippen LogP contribution in [0.5, 0.6) is 0 Å². The first-order chi connectivity index (χ1) is 13.4. The molecule has 2 N–H and O–H groups in total. The van der Waals surface area contributed by atoms with Gasteiger partial charge in [-0.15, -0.1) is 0 Å². The molecule has 2 atom stereocenters. The number of anilines is 1. The molecular formula is C20H23N3O4S. The van der Waals surface area contributed by atoms with E-state index in [1.165, 1.54) is 9.21 Å². The number of likely N-dealkylation sites (tertiary alicyclic amines) is 1. The molecule has 148 valence electrons. The lowest BCUT2D eigenvalue weighted by molar-refractivity contribution is 0.144. The van der Waals surface area contributed by atoms with Crippen molar-refractivity contribution in [1.82, 2.24) is 10.2 Å². The van der Waals surface area contributed by atoms with Gasteiger partial charge in [0.2, 0.25) is 10.0 Å². The van der Waals surface area contributed by atoms with Crippen LogP contribution in [0.25, 0.3) is 0 Å². The van der Waals surface area contributed by atoms with Crippen molar-refractivity contribution >= 4 is 21.7 Å². The highest BCUT2D eigenvalue weighted by atomic mass is 32.2. The van der Waals surface area contributed by atoms with Gasteiger partial charge in [-0.05, 0) is 24.1 Å². The lowest BCUT2D eigenvalue weighted by Crippen LogP contribution is -2.49. The smallest absolute Gasteiger partial charge is 0.317 e. The van der Waals surface area contributed by atoms with Crippen LogP contribution in [-0.2, 0) is 16.6 Å². The van der Waals surface area contributed by atoms with Gasteiger partial charge in [0.1, 0.15) is 4.75 Å². The molecule has 0 saturated carbocycles. The number of rotatable bonds is 3. The summed E-state index contributed by atoms with van der Waals surface area (Å²) in [6.45, 7) is 0.653. The summed E-state index contributed by atoms with van der Waals surface area (Å²) in [6.07, 6.45) is -0.830. The molecule has 8 heteroatoms. The highest BCUT2D eigenvalue weighted by Crippen LogP contribution is 2.42. The van der Waals surface area contributed by atoms with E-state index in [-0.39, 0.29) is 25.5 Å². The summed E-state index contributed by atoms with van der Waals surface area (Å²) in [5, 5.41) is 13.5. The van der Waals surface area contributed by atoms with E-state index in [0.29, 0.717) is 18.8 Å². The number of urea groups is 1. The summed E-state index contributed by atoms with van der Waals surface area (Å²) in [4.78, 5) is 14.0. The van der Waals surface area contributed by atoms with Gasteiger partial charge in [0, 0.05) is 19.6 Å². The summed E-state index contributed by atoms with van der Waals surface area (Å²) in [5.74, 6) is 0. The Morgan fingerprint density at radius 3 is 2.43 bits per heavy atom. The Balaban J connectivity index is 1.49. The minimum atomic E-state index is -3.80. The summed E-state index contributed by atoms with van der Waals surface area (Å²) < 4.78 is 26.5. The molecule has 2 saturated heterocycles. The van der Waals surface area contributed by atoms with Gasteiger partial charge in [-0.1, -0.05) is 48.5 Å². The van der Waals surface area contributed by atoms with Crippen LogP contribution in [-0.4, -0.2) is 54.9 Å². The summed E-state index contributed by atoms with van der Waals surface area (Å²) >= 11 is 0. The monoisotopic (exact) mass is 401 g/mol. The molecule has 1 spiro atoms. The van der Waals surface area contributed by atoms with Crippen LogP contribution in [0.2, 0.25) is 0 Å². The molecule has 2 aliphatic rings. The number of amides is 2. The molecule has 2 amide bonds. The Morgan fingerprint density at radius 2 is 1.75 bits per heavy atom. The van der Waals surface area contributed by atoms with Crippen LogP contribution in [0, 0.1) is 0 Å². The third-order valence-electron chi connectivity index (χ3n) is 5.63. The zero-order chi connectivity index (χ0) is 19.8. The van der Waals surface area contributed by atoms with Crippen molar-refractivity contribution in [1.29, 1.82) is 0 Å². The average molecular weight is 401 g/mol. The molecule has 0 bridgehead atoms. The second-order valence-corrected chi connectivity index (χ2v) is 9.47. The van der Waals surface area contributed by atoms with Crippen molar-refractivity contribution in [3.05, 3.63) is 66.2 Å². The van der Waals surface area contributed by atoms with Crippen LogP contribution >= 0.6 is 0 Å². The summed E-state index contributed by atoms with van der Waals surface area (Å²) in [5.41, 5.74) is 1.50. The largest absolute Gasteiger partial charge is 0.389 e. The van der Waals surface area contributed by atoms with Gasteiger partial charge in [-0.25, -0.2) is 13.2 Å². The normalized spacial score (nSPS) is 26.0. The molecular weight excluding hydrogens is 378 g/mol. The second-order valence-electron chi connectivity index (χ2n) is 7.27. The van der Waals surface area contributed by atoms with E-state index in [2.05, 4.69) is 5.32 Å². The van der Waals surface area contributed by atoms with Crippen LogP contribution < -0.4 is 9.62 Å². The molecule has 2 aromatic carbocycles. The average Bonchev–Trinajstić information content (AvgIpc) is 3.25. The number of hydrogen-bond donors (Lipinski definition) is 2. The highest BCUT2D eigenvalue weighted by molar-refractivity contribution is 7.94. The fraction of sp³-hybridized carbons (Fsp3) is 0.350. The number of aliphatic hydroxyl groups is 1. The third-order valence-corrected chi connectivity index (χ3v) is 8.20. The Bertz CT molecular complexity index is 952. The molecule has 2 fully saturated rings. The Kier molecular flexibility index (Phi) is 4.76. The van der Waals surface area contributed by atoms with Gasteiger partial charge in [0.15, 0.2) is 0 Å². The van der Waals surface area contributed by atoms with E-state index < -0.39 is 20.9 Å². The number of carbonyl (C=O) groups is 1. The van der Waals surface area contributed by atoms with E-state index in [1.807, 2.05) is 36.4 Å². The number of carbonyl (C=O) groups excluding carboxylic acids is 1. The van der Waals surface area contributed by atoms with E-state index in [9.17, 15) is 18.3 Å². The van der Waals surface area contributed by atoms with Gasteiger partial charge in [-0.3, -0.25) is 4.31 Å². The number of benzene rings is 2. The maximum atomic E-state index is 13.3. The maximum absolute atomic E-state index is 13.3. The van der Waals surface area contributed by atoms with Gasteiger partial charge >= 0.3 is 6.03 Å². The van der Waals surface area contributed by atoms with E-state index in [0.717, 1.165) is 5.56 Å². The SMILES string of the molecule is O=C(NCc1ccccc1)N1CC[C@@]2(C1)[C@H](O)CN(c1ccccc1)S2(=O)=O. The number of nitrogens with zero attached hydrogens (tertiary/aromatic N) is 2. The fourth-order valence-corrected chi connectivity index (χ4v) is 6.26. The van der Waals surface area contributed by atoms with Gasteiger partial charge in [0.25, 0.3) is 0 Å². The molecule has 0 radical (unpaired) electrons. The van der Waals surface area contributed by atoms with Crippen LogP contribution in [0.4, 0.5) is 10.5 Å². The lowest BCUT2D eigenvalue weighted by atomic mass is 10.0. The minimum Gasteiger partial charge on any atom is -0.389 e. The zero-order valence-corrected chi connectivity index (χ0v) is 16.2. The number of nitrogens with one attached hydrogen (secondary N) is 1. The number of para-hydroxylation sites is 1. The number of hydrogen-bond acceptors (Lipinski definition) is 4. The third kappa shape index (κ3) is 3.02. The predicted molar refractivity (Wildman–Crippen MR) is 106 cm³/mol. The number of β-amino-alcohol motifs (C(OH)–C–C–N with tert-alkyl or cyclic N) is 1. The van der Waals surface area contributed by atoms with Crippen LogP contribution in [0.3, 0.4) is 0 Å². The van der Waals surface area contributed by atoms with Crippen LogP contribution in [0.1, 0.15) is 12.0 Å². The topological polar surface area (TPSA) is 90.0 Å². The first-order valence-electron chi connectivity index (χ1n) is 9.26. The Labute approximate surface area is 164 Å². The van der Waals surface area contributed by atoms with E-state index >= 15 is 0 Å². The highest BCUT2D eigenvalue weighted by Gasteiger charge is 2.62. The van der Waals surface area contributed by atoms with Gasteiger partial charge < -0.3 is 15.3 Å². The standard InChI is InChI=1S/C20H23N3O4S/c24-18-14-23(17-9-5-2-6-10-17)28(26,27)20(18)11-12-22(15-20)19(25)21-13-16-7-3-1-4-8-16/h1-10,18,24H,11-15H2,(H,21,25)/t18-,20-/m1/s1. The zero-order valence-electron chi connectivity index (χ0n) is 15.4. The predicted octanol–water partition coefficient (Wildman–Crippen LogP) is 1.55. The molecule has 2 aliphatic heterocycles. The molecule has 0 aromatic heterocycles. The summed E-state index contributed by atoms with van der Waals surface area (Å²) in [7, 11) is -3.80. The van der Waals surface area contributed by atoms with Gasteiger partial charge in [0.05, 0.1) is 18.3 Å². The van der Waals surface area contributed by atoms with Crippen molar-refractivity contribution in [3.8, 4) is 0 Å². The van der Waals surface area contributed by atoms with Crippen molar-refractivity contribution in [3.63, 3.8) is 0 Å². The Morgan fingerprint density at radius 1 is 1.11 bits per heavy atom. The minimum absolute atomic E-state index is 0.00577. The molecule has 2 heterocycles. The number of sulfonamides is 1. The first kappa shape index (κ1) is 18.8. The van der Waals surface area contributed by atoms with Crippen molar-refractivity contribution in [2.24, 2.45) is 0 Å². The van der Waals surface area contributed by atoms with Gasteiger partial charge in [-0.2, -0.15) is 0 Å². The van der Waals surface area contributed by atoms with Crippen molar-refractivity contribution in [2.75, 3.05) is 23.9 Å². The fourth-order valence-electron chi connectivity index (χ4n) is 4.00. The molecule has 7 nitrogen and oxygen atoms in total. The number of aliphatic hydroxyl groups excluding tert-OH is 1. The molecule has 28 heavy (non-hydrogen) atoms. The molecule has 2 aromatic rings. The first-order valence-corrected chi connectivity index (χ1v) is 10.7. The second kappa shape index (κ2) is 7.10. The Hall–Kier alpha value is -2.58. The van der Waals surface area contributed by atoms with Crippen LogP contribution in [0.15, 0.2) is 60.7 Å². The molecule has 4 rings (SSSR count). The van der Waals surface area contributed by atoms with E-state index in [4.69, 9.17) is 0 Å². The molecule has 0 aliphatic carbocycles. The summed E-state index contributed by atoms with van der Waals surface area (Å²) in [6, 6.07) is 18.0. The van der Waals surface area contributed by atoms with Crippen molar-refractivity contribution in [2.45, 2.75) is 23.8 Å². The van der Waals surface area contributed by atoms with Crippen molar-refractivity contribution < 1.29 is 18.3 Å². The maximum Gasteiger partial charge on any atom is 0.317 e. The quantitative estimate of drug-likeness (QED) is 0.817. The lowest BCUT2D eigenvalue weighted by Gasteiger charge is -2.27. The van der Waals surface area contributed by atoms with E-state index in [1.54, 1.807) is 24.3 Å². The molecule has 0 unspecified atom stereocenters.